The maximum absolute atomic E-state index is 9.94. The van der Waals surface area contributed by atoms with Crippen molar-refractivity contribution in [2.24, 2.45) is 0 Å². The van der Waals surface area contributed by atoms with Crippen molar-refractivity contribution in [3.05, 3.63) is 170 Å². The molecule has 9 aromatic carbocycles. The van der Waals surface area contributed by atoms with Gasteiger partial charge in [0, 0.05) is 0 Å². The second kappa shape index (κ2) is 9.93. The molecule has 0 amide bonds. The summed E-state index contributed by atoms with van der Waals surface area (Å²) in [6, 6.07) is 39.8. The molecule has 0 N–H and O–H groups in total. The molecule has 44 heavy (non-hydrogen) atoms. The molecule has 0 fully saturated rings. The largest absolute Gasteiger partial charge is 0.0636 e. The quantitative estimate of drug-likeness (QED) is 0.148. The fraction of sp³-hybridized carbons (Fsp3) is 0. The molecule has 0 atom stereocenters. The average molecular weight is 564 g/mol. The van der Waals surface area contributed by atoms with Crippen molar-refractivity contribution in [2.45, 2.75) is 0 Å². The van der Waals surface area contributed by atoms with Gasteiger partial charge in [0.25, 0.3) is 0 Å². The first kappa shape index (κ1) is 18.7. The van der Waals surface area contributed by atoms with Gasteiger partial charge in [-0.2, -0.15) is 0 Å². The molecule has 0 radical (unpaired) electrons. The van der Waals surface area contributed by atoms with Crippen LogP contribution in [0.1, 0.15) is 9.60 Å². The number of hydrogen-bond donors (Lipinski definition) is 0. The molecule has 9 rings (SSSR count). The number of benzene rings is 9. The highest BCUT2D eigenvalue weighted by atomic mass is 14.2. The summed E-state index contributed by atoms with van der Waals surface area (Å²) in [5, 5.41) is 7.35. The van der Waals surface area contributed by atoms with E-state index in [0.29, 0.717) is 44.2 Å². The van der Waals surface area contributed by atoms with Crippen molar-refractivity contribution in [1.82, 2.24) is 0 Å². The summed E-state index contributed by atoms with van der Waals surface area (Å²) in [7, 11) is 0. The van der Waals surface area contributed by atoms with E-state index in [-0.39, 0.29) is 53.1 Å². The minimum Gasteiger partial charge on any atom is -0.0622 e. The minimum atomic E-state index is -0.378. The van der Waals surface area contributed by atoms with E-state index in [1.54, 1.807) is 0 Å². The summed E-state index contributed by atoms with van der Waals surface area (Å²) >= 11 is 0. The molecule has 0 heteroatoms. The van der Waals surface area contributed by atoms with Crippen molar-refractivity contribution in [3.8, 4) is 33.4 Å². The third-order valence-corrected chi connectivity index (χ3v) is 8.63. The second-order valence-electron chi connectivity index (χ2n) is 11.2. The standard InChI is InChI=1S/C44H28/c1-2-12-31(13-3-1)43-39-16-8-9-17-40(39)44(36-23-24-38-35(27-36)21-19-30-11-6-7-15-37(30)38)42-28-34(22-25-41(42)43)33-20-18-29-10-4-5-14-32(29)26-33/h1-28H/i8D,9D,16D,17D,22D,25D,28D. The predicted molar refractivity (Wildman–Crippen MR) is 190 cm³/mol. The lowest BCUT2D eigenvalue weighted by Crippen LogP contribution is -1.92. The van der Waals surface area contributed by atoms with Crippen LogP contribution in [0.15, 0.2) is 170 Å². The van der Waals surface area contributed by atoms with E-state index in [0.717, 1.165) is 32.3 Å². The highest BCUT2D eigenvalue weighted by Crippen LogP contribution is 2.45. The number of hydrogen-bond acceptors (Lipinski definition) is 0. The summed E-state index contributed by atoms with van der Waals surface area (Å²) in [6.45, 7) is 0. The van der Waals surface area contributed by atoms with Crippen molar-refractivity contribution in [1.29, 1.82) is 0 Å². The molecule has 0 aliphatic rings. The molecule has 0 saturated heterocycles. The summed E-state index contributed by atoms with van der Waals surface area (Å²) in [5.74, 6) is 0. The minimum absolute atomic E-state index is 0.0291. The molecule has 0 nitrogen and oxygen atoms in total. The summed E-state index contributed by atoms with van der Waals surface area (Å²) in [4.78, 5) is 0. The summed E-state index contributed by atoms with van der Waals surface area (Å²) in [5.41, 5.74) is 3.09. The van der Waals surface area contributed by atoms with Gasteiger partial charge in [0.1, 0.15) is 0 Å². The van der Waals surface area contributed by atoms with Gasteiger partial charge < -0.3 is 0 Å². The van der Waals surface area contributed by atoms with Gasteiger partial charge in [-0.05, 0) is 105 Å². The molecule has 0 saturated carbocycles. The lowest BCUT2D eigenvalue weighted by atomic mass is 9.84. The van der Waals surface area contributed by atoms with Crippen LogP contribution in [0.5, 0.6) is 0 Å². The molecule has 0 bridgehead atoms. The zero-order valence-corrected chi connectivity index (χ0v) is 23.6. The highest BCUT2D eigenvalue weighted by molar-refractivity contribution is 6.22. The SMILES string of the molecule is [2H]c1c([2H])c([2H])c2c(-c3ccc4c(ccc5ccccc54)c3)c3c([2H])c(-c4ccc5ccccc5c4)c([2H])c([2H])c3c(-c3ccccc3)c2c1[2H]. The molecule has 0 spiro atoms. The Hall–Kier alpha value is -5.72. The molecular formula is C44H28. The van der Waals surface area contributed by atoms with E-state index >= 15 is 0 Å². The smallest absolute Gasteiger partial charge is 0.0622 e. The molecule has 0 aliphatic heterocycles. The van der Waals surface area contributed by atoms with Crippen LogP contribution in [0.25, 0.3) is 87.2 Å². The van der Waals surface area contributed by atoms with Crippen molar-refractivity contribution in [3.63, 3.8) is 0 Å². The van der Waals surface area contributed by atoms with Crippen molar-refractivity contribution < 1.29 is 9.60 Å². The third kappa shape index (κ3) is 3.92. The van der Waals surface area contributed by atoms with Gasteiger partial charge in [0.2, 0.25) is 0 Å². The maximum Gasteiger partial charge on any atom is 0.0636 e. The van der Waals surface area contributed by atoms with Crippen LogP contribution in [0.3, 0.4) is 0 Å². The average Bonchev–Trinajstić information content (AvgIpc) is 3.17. The lowest BCUT2D eigenvalue weighted by molar-refractivity contribution is 1.65. The predicted octanol–water partition coefficient (Wildman–Crippen LogP) is 12.5. The van der Waals surface area contributed by atoms with E-state index in [2.05, 4.69) is 18.2 Å². The Kier molecular flexibility index (Phi) is 4.23. The monoisotopic (exact) mass is 563 g/mol. The zero-order chi connectivity index (χ0) is 35.1. The zero-order valence-electron chi connectivity index (χ0n) is 30.6. The van der Waals surface area contributed by atoms with Gasteiger partial charge in [-0.15, -0.1) is 0 Å². The van der Waals surface area contributed by atoms with Gasteiger partial charge in [0.05, 0.1) is 9.60 Å². The topological polar surface area (TPSA) is 0 Å². The lowest BCUT2D eigenvalue weighted by Gasteiger charge is -2.19. The Labute approximate surface area is 266 Å². The van der Waals surface area contributed by atoms with Crippen LogP contribution in [0.4, 0.5) is 0 Å². The highest BCUT2D eigenvalue weighted by Gasteiger charge is 2.18. The first-order valence-electron chi connectivity index (χ1n) is 18.2. The van der Waals surface area contributed by atoms with E-state index in [1.165, 1.54) is 0 Å². The third-order valence-electron chi connectivity index (χ3n) is 8.63. The van der Waals surface area contributed by atoms with Crippen LogP contribution < -0.4 is 0 Å². The van der Waals surface area contributed by atoms with Crippen molar-refractivity contribution in [2.75, 3.05) is 0 Å². The molecule has 9 aromatic rings. The van der Waals surface area contributed by atoms with Gasteiger partial charge in [-0.1, -0.05) is 152 Å². The van der Waals surface area contributed by atoms with E-state index in [1.807, 2.05) is 109 Å². The molecule has 0 aromatic heterocycles. The molecule has 204 valence electrons. The maximum atomic E-state index is 9.94. The Morgan fingerprint density at radius 3 is 1.75 bits per heavy atom. The van der Waals surface area contributed by atoms with Crippen LogP contribution in [0, 0.1) is 0 Å². The Bertz CT molecular complexity index is 2930. The molecule has 0 heterocycles. The van der Waals surface area contributed by atoms with Gasteiger partial charge in [0.15, 0.2) is 0 Å². The summed E-state index contributed by atoms with van der Waals surface area (Å²) in [6.07, 6.45) is 0. The van der Waals surface area contributed by atoms with Gasteiger partial charge >= 0.3 is 0 Å². The van der Waals surface area contributed by atoms with Crippen LogP contribution in [-0.2, 0) is 0 Å². The fourth-order valence-corrected chi connectivity index (χ4v) is 6.56. The van der Waals surface area contributed by atoms with Crippen LogP contribution >= 0.6 is 0 Å². The van der Waals surface area contributed by atoms with E-state index < -0.39 is 0 Å². The van der Waals surface area contributed by atoms with Crippen LogP contribution in [-0.4, -0.2) is 0 Å². The van der Waals surface area contributed by atoms with Gasteiger partial charge in [-0.3, -0.25) is 0 Å². The van der Waals surface area contributed by atoms with E-state index in [4.69, 9.17) is 2.74 Å². The normalized spacial score (nSPS) is 13.9. The number of rotatable bonds is 3. The Morgan fingerprint density at radius 2 is 0.909 bits per heavy atom. The van der Waals surface area contributed by atoms with E-state index in [9.17, 15) is 6.85 Å². The molecule has 0 aliphatic carbocycles. The van der Waals surface area contributed by atoms with Crippen LogP contribution in [0.2, 0.25) is 0 Å². The number of fused-ring (bicyclic) bond motifs is 6. The molecule has 0 unspecified atom stereocenters. The Morgan fingerprint density at radius 1 is 0.318 bits per heavy atom. The summed E-state index contributed by atoms with van der Waals surface area (Å²) < 4.78 is 65.1. The Balaban J connectivity index is 1.53. The second-order valence-corrected chi connectivity index (χ2v) is 11.2. The first-order chi connectivity index (χ1) is 24.7. The molecular weight excluding hydrogens is 528 g/mol. The van der Waals surface area contributed by atoms with Gasteiger partial charge in [-0.25, -0.2) is 0 Å². The first-order valence-corrected chi connectivity index (χ1v) is 14.7. The fourth-order valence-electron chi connectivity index (χ4n) is 6.56. The van der Waals surface area contributed by atoms with Crippen molar-refractivity contribution >= 4 is 53.9 Å².